The predicted molar refractivity (Wildman–Crippen MR) is 132 cm³/mol. The molecular formula is C30H34. The summed E-state index contributed by atoms with van der Waals surface area (Å²) in [6.07, 6.45) is 19.6. The fourth-order valence-electron chi connectivity index (χ4n) is 5.51. The van der Waals surface area contributed by atoms with Gasteiger partial charge in [0, 0.05) is 0 Å². The largest absolute Gasteiger partial charge is 0.0879 e. The summed E-state index contributed by atoms with van der Waals surface area (Å²) < 4.78 is 0. The van der Waals surface area contributed by atoms with Crippen LogP contribution in [0.4, 0.5) is 0 Å². The number of hydrogen-bond donors (Lipinski definition) is 0. The Bertz CT molecular complexity index is 1040. The molecule has 0 heterocycles. The van der Waals surface area contributed by atoms with Crippen molar-refractivity contribution in [2.24, 2.45) is 0 Å². The highest BCUT2D eigenvalue weighted by Crippen LogP contribution is 2.38. The topological polar surface area (TPSA) is 0 Å². The van der Waals surface area contributed by atoms with Gasteiger partial charge in [-0.1, -0.05) is 74.5 Å². The van der Waals surface area contributed by atoms with E-state index in [0.29, 0.717) is 11.8 Å². The van der Waals surface area contributed by atoms with Crippen molar-refractivity contribution in [2.45, 2.75) is 77.0 Å². The van der Waals surface area contributed by atoms with Crippen molar-refractivity contribution in [1.82, 2.24) is 0 Å². The Morgan fingerprint density at radius 1 is 0.567 bits per heavy atom. The molecular weight excluding hydrogens is 360 g/mol. The first-order valence-electron chi connectivity index (χ1n) is 12.1. The van der Waals surface area contributed by atoms with Crippen molar-refractivity contribution in [2.75, 3.05) is 0 Å². The molecule has 0 fully saturated rings. The number of allylic oxidation sites excluding steroid dienone is 4. The Labute approximate surface area is 181 Å². The number of fused-ring (bicyclic) bond motifs is 4. The summed E-state index contributed by atoms with van der Waals surface area (Å²) in [5.74, 6) is 0.978. The smallest absolute Gasteiger partial charge is 0.00102 e. The molecule has 2 aliphatic rings. The van der Waals surface area contributed by atoms with Crippen molar-refractivity contribution in [3.8, 4) is 0 Å². The molecule has 0 saturated carbocycles. The molecule has 0 radical (unpaired) electrons. The summed E-state index contributed by atoms with van der Waals surface area (Å²) in [6, 6.07) is 14.6. The highest BCUT2D eigenvalue weighted by molar-refractivity contribution is 6.11. The molecule has 0 aromatic heterocycles. The third-order valence-electron chi connectivity index (χ3n) is 7.39. The molecule has 5 rings (SSSR count). The Morgan fingerprint density at radius 3 is 1.50 bits per heavy atom. The molecule has 3 aromatic carbocycles. The first-order chi connectivity index (χ1) is 14.7. The molecule has 0 amide bonds. The first kappa shape index (κ1) is 19.6. The van der Waals surface area contributed by atoms with E-state index in [-0.39, 0.29) is 0 Å². The zero-order valence-electron chi connectivity index (χ0n) is 18.6. The first-order valence-corrected chi connectivity index (χ1v) is 12.1. The third-order valence-corrected chi connectivity index (χ3v) is 7.39. The summed E-state index contributed by atoms with van der Waals surface area (Å²) in [5.41, 5.74) is 6.20. The molecule has 0 N–H and O–H groups in total. The van der Waals surface area contributed by atoms with Crippen LogP contribution in [0.25, 0.3) is 21.5 Å². The average Bonchev–Trinajstić information content (AvgIpc) is 2.81. The monoisotopic (exact) mass is 394 g/mol. The van der Waals surface area contributed by atoms with Gasteiger partial charge in [-0.05, 0) is 107 Å². The zero-order valence-corrected chi connectivity index (χ0v) is 18.6. The van der Waals surface area contributed by atoms with Crippen LogP contribution >= 0.6 is 0 Å². The molecule has 2 aliphatic carbocycles. The molecule has 2 unspecified atom stereocenters. The Morgan fingerprint density at radius 2 is 1.03 bits per heavy atom. The van der Waals surface area contributed by atoms with Gasteiger partial charge in [0.15, 0.2) is 0 Å². The maximum absolute atomic E-state index is 2.52. The highest BCUT2D eigenvalue weighted by atomic mass is 14.2. The van der Waals surface area contributed by atoms with Gasteiger partial charge in [0.25, 0.3) is 0 Å². The second-order valence-electron chi connectivity index (χ2n) is 9.49. The minimum absolute atomic E-state index is 0.489. The Balaban J connectivity index is 1.82. The van der Waals surface area contributed by atoms with Crippen LogP contribution in [-0.2, 0) is 12.8 Å². The molecule has 154 valence electrons. The summed E-state index contributed by atoms with van der Waals surface area (Å²) in [4.78, 5) is 0. The van der Waals surface area contributed by atoms with Gasteiger partial charge in [-0.3, -0.25) is 0 Å². The van der Waals surface area contributed by atoms with E-state index < -0.39 is 0 Å². The van der Waals surface area contributed by atoms with Crippen LogP contribution in [0.3, 0.4) is 0 Å². The van der Waals surface area contributed by atoms with E-state index >= 15 is 0 Å². The van der Waals surface area contributed by atoms with E-state index in [1.807, 2.05) is 0 Å². The van der Waals surface area contributed by atoms with Crippen molar-refractivity contribution in [1.29, 1.82) is 0 Å². The number of rotatable bonds is 0. The quantitative estimate of drug-likeness (QED) is 0.264. The molecule has 2 atom stereocenters. The van der Waals surface area contributed by atoms with Gasteiger partial charge in [0.2, 0.25) is 0 Å². The van der Waals surface area contributed by atoms with Crippen LogP contribution < -0.4 is 0 Å². The van der Waals surface area contributed by atoms with Gasteiger partial charge in [-0.25, -0.2) is 0 Å². The molecule has 4 bridgehead atoms. The SMILES string of the molecule is CC1/C=C\CCCCc2c3c4cc(ccc4c4ccc1cc24)C(C)/C=C\CCCC3. The number of benzene rings is 3. The molecule has 0 saturated heterocycles. The zero-order chi connectivity index (χ0) is 20.5. The van der Waals surface area contributed by atoms with Crippen LogP contribution in [0.1, 0.15) is 86.5 Å². The van der Waals surface area contributed by atoms with Crippen LogP contribution in [0, 0.1) is 0 Å². The fraction of sp³-hybridized carbons (Fsp3) is 0.400. The van der Waals surface area contributed by atoms with Gasteiger partial charge in [-0.2, -0.15) is 0 Å². The highest BCUT2D eigenvalue weighted by Gasteiger charge is 2.17. The van der Waals surface area contributed by atoms with Crippen molar-refractivity contribution in [3.63, 3.8) is 0 Å². The van der Waals surface area contributed by atoms with Crippen molar-refractivity contribution >= 4 is 21.5 Å². The van der Waals surface area contributed by atoms with E-state index in [2.05, 4.69) is 74.5 Å². The second kappa shape index (κ2) is 8.42. The van der Waals surface area contributed by atoms with Crippen molar-refractivity contribution < 1.29 is 0 Å². The number of aryl methyl sites for hydroxylation is 2. The lowest BCUT2D eigenvalue weighted by Gasteiger charge is -2.20. The van der Waals surface area contributed by atoms with Gasteiger partial charge in [0.05, 0.1) is 0 Å². The van der Waals surface area contributed by atoms with Gasteiger partial charge in [0.1, 0.15) is 0 Å². The van der Waals surface area contributed by atoms with Gasteiger partial charge < -0.3 is 0 Å². The summed E-state index contributed by atoms with van der Waals surface area (Å²) >= 11 is 0. The third kappa shape index (κ3) is 3.62. The second-order valence-corrected chi connectivity index (χ2v) is 9.49. The molecule has 0 spiro atoms. The van der Waals surface area contributed by atoms with E-state index in [0.717, 1.165) is 0 Å². The molecule has 0 nitrogen and oxygen atoms in total. The molecule has 0 heteroatoms. The predicted octanol–water partition coefficient (Wildman–Crippen LogP) is 8.77. The van der Waals surface area contributed by atoms with E-state index in [1.54, 1.807) is 11.1 Å². The minimum atomic E-state index is 0.489. The molecule has 0 aliphatic heterocycles. The fourth-order valence-corrected chi connectivity index (χ4v) is 5.51. The lowest BCUT2D eigenvalue weighted by molar-refractivity contribution is 0.723. The van der Waals surface area contributed by atoms with Gasteiger partial charge in [-0.15, -0.1) is 0 Å². The van der Waals surface area contributed by atoms with E-state index in [9.17, 15) is 0 Å². The Hall–Kier alpha value is -2.34. The van der Waals surface area contributed by atoms with Crippen LogP contribution in [-0.4, -0.2) is 0 Å². The summed E-state index contributed by atoms with van der Waals surface area (Å²) in [7, 11) is 0. The Kier molecular flexibility index (Phi) is 5.50. The number of hydrogen-bond acceptors (Lipinski definition) is 0. The normalized spacial score (nSPS) is 24.5. The van der Waals surface area contributed by atoms with Crippen LogP contribution in [0.2, 0.25) is 0 Å². The summed E-state index contributed by atoms with van der Waals surface area (Å²) in [6.45, 7) is 4.68. The molecule has 30 heavy (non-hydrogen) atoms. The average molecular weight is 395 g/mol. The minimum Gasteiger partial charge on any atom is -0.0879 e. The lowest BCUT2D eigenvalue weighted by Crippen LogP contribution is -2.01. The van der Waals surface area contributed by atoms with Gasteiger partial charge >= 0.3 is 0 Å². The standard InChI is InChI=1S/C30H34/c1-21-11-7-3-5-9-13-25-26-14-10-6-4-8-12-22(2)24-16-18-28(30(26)20-24)27-17-15-23(21)19-29(25)27/h7-8,11-12,15-22H,3-6,9-10,13-14H2,1-2H3/b11-7-,12-8-. The lowest BCUT2D eigenvalue weighted by atomic mass is 9.84. The van der Waals surface area contributed by atoms with Crippen LogP contribution in [0.15, 0.2) is 60.7 Å². The molecule has 3 aromatic rings. The maximum Gasteiger partial charge on any atom is -0.00102 e. The van der Waals surface area contributed by atoms with Crippen LogP contribution in [0.5, 0.6) is 0 Å². The maximum atomic E-state index is 2.52. The van der Waals surface area contributed by atoms with E-state index in [4.69, 9.17) is 0 Å². The summed E-state index contributed by atoms with van der Waals surface area (Å²) in [5, 5.41) is 5.94. The van der Waals surface area contributed by atoms with Crippen molar-refractivity contribution in [3.05, 3.63) is 83.0 Å². The van der Waals surface area contributed by atoms with E-state index in [1.165, 1.54) is 84.0 Å².